The van der Waals surface area contributed by atoms with Gasteiger partial charge in [-0.25, -0.2) is 8.42 Å². The van der Waals surface area contributed by atoms with E-state index >= 15 is 0 Å². The van der Waals surface area contributed by atoms with Crippen LogP contribution in [0.1, 0.15) is 44.6 Å². The molecule has 1 amide bonds. The fourth-order valence-electron chi connectivity index (χ4n) is 3.19. The monoisotopic (exact) mass is 357 g/mol. The Morgan fingerprint density at radius 1 is 1.17 bits per heavy atom. The van der Waals surface area contributed by atoms with Gasteiger partial charge in [-0.3, -0.25) is 4.79 Å². The third kappa shape index (κ3) is 5.50. The summed E-state index contributed by atoms with van der Waals surface area (Å²) in [5.41, 5.74) is 0.655. The van der Waals surface area contributed by atoms with Crippen LogP contribution in [0.3, 0.4) is 0 Å². The lowest BCUT2D eigenvalue weighted by atomic mass is 9.94. The zero-order chi connectivity index (χ0) is 16.9. The molecule has 0 atom stereocenters. The molecule has 0 aromatic heterocycles. The molecule has 0 heterocycles. The molecule has 128 valence electrons. The van der Waals surface area contributed by atoms with E-state index in [0.29, 0.717) is 17.1 Å². The Morgan fingerprint density at radius 2 is 1.78 bits per heavy atom. The second kappa shape index (κ2) is 8.15. The van der Waals surface area contributed by atoms with Crippen molar-refractivity contribution >= 4 is 27.3 Å². The van der Waals surface area contributed by atoms with Crippen LogP contribution in [-0.2, 0) is 20.4 Å². The van der Waals surface area contributed by atoms with E-state index in [1.165, 1.54) is 6.42 Å². The van der Waals surface area contributed by atoms with Gasteiger partial charge in [-0.1, -0.05) is 43.0 Å². The number of carbonyl (C=O) groups is 1. The molecule has 23 heavy (non-hydrogen) atoms. The van der Waals surface area contributed by atoms with Crippen molar-refractivity contribution in [2.24, 2.45) is 0 Å². The molecular weight excluding hydrogens is 334 g/mol. The highest BCUT2D eigenvalue weighted by Crippen LogP contribution is 2.23. The molecule has 1 aromatic rings. The Bertz CT molecular complexity index is 622. The maximum Gasteiger partial charge on any atom is 0.238 e. The standard InChI is InChI=1S/C17H24ClNO3S/c1-2-19(16-6-4-3-5-7-16)17(20)13-23(21,22)12-14-8-10-15(18)11-9-14/h8-11,16H,2-7,12-13H2,1H3. The SMILES string of the molecule is CCN(C(=O)CS(=O)(=O)Cc1ccc(Cl)cc1)C1CCCCC1. The summed E-state index contributed by atoms with van der Waals surface area (Å²) in [6.07, 6.45) is 5.41. The molecule has 1 saturated carbocycles. The predicted octanol–water partition coefficient (Wildman–Crippen LogP) is 3.44. The molecule has 0 radical (unpaired) electrons. The summed E-state index contributed by atoms with van der Waals surface area (Å²) in [5.74, 6) is -0.814. The Balaban J connectivity index is 1.99. The van der Waals surface area contributed by atoms with Crippen molar-refractivity contribution in [2.75, 3.05) is 12.3 Å². The van der Waals surface area contributed by atoms with E-state index in [4.69, 9.17) is 11.6 Å². The fraction of sp³-hybridized carbons (Fsp3) is 0.588. The maximum absolute atomic E-state index is 12.5. The fourth-order valence-corrected chi connectivity index (χ4v) is 4.66. The number of carbonyl (C=O) groups excluding carboxylic acids is 1. The minimum Gasteiger partial charge on any atom is -0.339 e. The molecule has 1 aliphatic carbocycles. The predicted molar refractivity (Wildman–Crippen MR) is 93.2 cm³/mol. The topological polar surface area (TPSA) is 54.5 Å². The van der Waals surface area contributed by atoms with Crippen LogP contribution in [0.15, 0.2) is 24.3 Å². The first-order chi connectivity index (χ1) is 10.9. The van der Waals surface area contributed by atoms with Crippen molar-refractivity contribution in [2.45, 2.75) is 50.8 Å². The summed E-state index contributed by atoms with van der Waals surface area (Å²) >= 11 is 5.80. The van der Waals surface area contributed by atoms with Crippen molar-refractivity contribution in [3.05, 3.63) is 34.9 Å². The Hall–Kier alpha value is -1.07. The lowest BCUT2D eigenvalue weighted by Crippen LogP contribution is -2.44. The van der Waals surface area contributed by atoms with Gasteiger partial charge in [0.25, 0.3) is 0 Å². The molecule has 0 unspecified atom stereocenters. The van der Waals surface area contributed by atoms with Crippen LogP contribution in [-0.4, -0.2) is 37.6 Å². The van der Waals surface area contributed by atoms with Gasteiger partial charge in [0.2, 0.25) is 5.91 Å². The van der Waals surface area contributed by atoms with Crippen LogP contribution < -0.4 is 0 Å². The number of rotatable bonds is 6. The molecule has 0 bridgehead atoms. The van der Waals surface area contributed by atoms with E-state index in [2.05, 4.69) is 0 Å². The minimum absolute atomic E-state index is 0.127. The highest BCUT2D eigenvalue weighted by molar-refractivity contribution is 7.91. The number of hydrogen-bond acceptors (Lipinski definition) is 3. The molecule has 0 spiro atoms. The molecule has 0 aliphatic heterocycles. The second-order valence-corrected chi connectivity index (χ2v) is 8.63. The quantitative estimate of drug-likeness (QED) is 0.783. The summed E-state index contributed by atoms with van der Waals surface area (Å²) in [6, 6.07) is 6.89. The molecular formula is C17H24ClNO3S. The number of sulfone groups is 1. The third-order valence-corrected chi connectivity index (χ3v) is 6.03. The van der Waals surface area contributed by atoms with Gasteiger partial charge in [-0.2, -0.15) is 0 Å². The van der Waals surface area contributed by atoms with Crippen LogP contribution >= 0.6 is 11.6 Å². The number of benzene rings is 1. The second-order valence-electron chi connectivity index (χ2n) is 6.13. The normalized spacial score (nSPS) is 16.3. The molecule has 1 fully saturated rings. The van der Waals surface area contributed by atoms with Gasteiger partial charge in [0.1, 0.15) is 5.75 Å². The number of halogens is 1. The first-order valence-electron chi connectivity index (χ1n) is 8.15. The maximum atomic E-state index is 12.5. The zero-order valence-electron chi connectivity index (χ0n) is 13.5. The summed E-state index contributed by atoms with van der Waals surface area (Å²) < 4.78 is 24.6. The number of amides is 1. The van der Waals surface area contributed by atoms with E-state index in [1.807, 2.05) is 6.92 Å². The third-order valence-electron chi connectivity index (χ3n) is 4.32. The molecule has 4 nitrogen and oxygen atoms in total. The van der Waals surface area contributed by atoms with Crippen molar-refractivity contribution in [1.82, 2.24) is 4.90 Å². The van der Waals surface area contributed by atoms with E-state index in [1.54, 1.807) is 29.2 Å². The Labute approximate surface area is 143 Å². The van der Waals surface area contributed by atoms with E-state index in [0.717, 1.165) is 25.7 Å². The van der Waals surface area contributed by atoms with Gasteiger partial charge < -0.3 is 4.90 Å². The van der Waals surface area contributed by atoms with E-state index in [9.17, 15) is 13.2 Å². The number of nitrogens with zero attached hydrogens (tertiary/aromatic N) is 1. The number of hydrogen-bond donors (Lipinski definition) is 0. The lowest BCUT2D eigenvalue weighted by Gasteiger charge is -2.33. The minimum atomic E-state index is -3.47. The zero-order valence-corrected chi connectivity index (χ0v) is 15.1. The average molecular weight is 358 g/mol. The average Bonchev–Trinajstić information content (AvgIpc) is 2.50. The van der Waals surface area contributed by atoms with Gasteiger partial charge >= 0.3 is 0 Å². The Morgan fingerprint density at radius 3 is 2.35 bits per heavy atom. The summed E-state index contributed by atoms with van der Waals surface area (Å²) in [6.45, 7) is 2.48. The van der Waals surface area contributed by atoms with Gasteiger partial charge in [-0.15, -0.1) is 0 Å². The molecule has 2 rings (SSSR count). The Kier molecular flexibility index (Phi) is 6.48. The summed E-state index contributed by atoms with van der Waals surface area (Å²) in [5, 5.41) is 0.566. The molecule has 6 heteroatoms. The van der Waals surface area contributed by atoms with Crippen molar-refractivity contribution in [1.29, 1.82) is 0 Å². The van der Waals surface area contributed by atoms with E-state index in [-0.39, 0.29) is 17.7 Å². The van der Waals surface area contributed by atoms with Gasteiger partial charge in [-0.05, 0) is 37.5 Å². The smallest absolute Gasteiger partial charge is 0.238 e. The van der Waals surface area contributed by atoms with Gasteiger partial charge in [0.05, 0.1) is 5.75 Å². The van der Waals surface area contributed by atoms with Crippen molar-refractivity contribution in [3.63, 3.8) is 0 Å². The van der Waals surface area contributed by atoms with Crippen LogP contribution in [0.5, 0.6) is 0 Å². The van der Waals surface area contributed by atoms with E-state index < -0.39 is 15.6 Å². The van der Waals surface area contributed by atoms with Crippen LogP contribution in [0, 0.1) is 0 Å². The first kappa shape index (κ1) is 18.3. The van der Waals surface area contributed by atoms with Crippen LogP contribution in [0.4, 0.5) is 0 Å². The van der Waals surface area contributed by atoms with Gasteiger partial charge in [0.15, 0.2) is 9.84 Å². The van der Waals surface area contributed by atoms with Crippen molar-refractivity contribution < 1.29 is 13.2 Å². The lowest BCUT2D eigenvalue weighted by molar-refractivity contribution is -0.131. The molecule has 0 N–H and O–H groups in total. The highest BCUT2D eigenvalue weighted by atomic mass is 35.5. The van der Waals surface area contributed by atoms with Crippen molar-refractivity contribution in [3.8, 4) is 0 Å². The summed E-state index contributed by atoms with van der Waals surface area (Å²) in [7, 11) is -3.47. The first-order valence-corrected chi connectivity index (χ1v) is 10.4. The van der Waals surface area contributed by atoms with Crippen LogP contribution in [0.2, 0.25) is 5.02 Å². The molecule has 1 aromatic carbocycles. The molecule has 1 aliphatic rings. The summed E-state index contributed by atoms with van der Waals surface area (Å²) in [4.78, 5) is 14.2. The van der Waals surface area contributed by atoms with Gasteiger partial charge in [0, 0.05) is 17.6 Å². The largest absolute Gasteiger partial charge is 0.339 e. The molecule has 0 saturated heterocycles. The highest BCUT2D eigenvalue weighted by Gasteiger charge is 2.27. The van der Waals surface area contributed by atoms with Crippen LogP contribution in [0.25, 0.3) is 0 Å².